The second-order valence-corrected chi connectivity index (χ2v) is 13.2. The number of rotatable bonds is 2. The third-order valence-corrected chi connectivity index (χ3v) is 12.4. The summed E-state index contributed by atoms with van der Waals surface area (Å²) in [4.78, 5) is 0. The largest absolute Gasteiger partial charge is 0.180 e. The lowest BCUT2D eigenvalue weighted by atomic mass is 9.96. The molecule has 0 saturated heterocycles. The lowest BCUT2D eigenvalue weighted by Gasteiger charge is -2.31. The Kier molecular flexibility index (Phi) is 4.18. The van der Waals surface area contributed by atoms with Crippen molar-refractivity contribution in [2.75, 3.05) is 0 Å². The third kappa shape index (κ3) is 2.59. The molecule has 34 heavy (non-hydrogen) atoms. The van der Waals surface area contributed by atoms with Gasteiger partial charge < -0.3 is 0 Å². The number of fused-ring (bicyclic) bond motifs is 6. The first-order valence-electron chi connectivity index (χ1n) is 12.0. The molecular weight excluding hydrogens is 424 g/mol. The number of aryl methyl sites for hydroxylation is 1. The Morgan fingerprint density at radius 1 is 0.471 bits per heavy atom. The predicted molar refractivity (Wildman–Crippen MR) is 149 cm³/mol. The van der Waals surface area contributed by atoms with Crippen molar-refractivity contribution in [3.8, 4) is 11.1 Å². The van der Waals surface area contributed by atoms with Gasteiger partial charge in [-0.2, -0.15) is 0 Å². The van der Waals surface area contributed by atoms with Crippen molar-refractivity contribution in [3.05, 3.63) is 133 Å². The molecule has 6 aromatic rings. The smallest absolute Gasteiger partial charge is 0.0623 e. The summed E-state index contributed by atoms with van der Waals surface area (Å²) < 4.78 is 0. The molecule has 6 aromatic carbocycles. The molecule has 0 aromatic heterocycles. The SMILES string of the molecule is Cc1cccc([Si]2(c3ccccc3)c3ccccc3-c3c2ccc2cc4ccccc4cc32)c1. The Morgan fingerprint density at radius 2 is 1.18 bits per heavy atom. The fourth-order valence-electron chi connectivity index (χ4n) is 6.14. The zero-order chi connectivity index (χ0) is 22.7. The van der Waals surface area contributed by atoms with E-state index in [-0.39, 0.29) is 0 Å². The van der Waals surface area contributed by atoms with Crippen LogP contribution in [-0.4, -0.2) is 8.07 Å². The van der Waals surface area contributed by atoms with Gasteiger partial charge in [0.05, 0.1) is 0 Å². The average molecular weight is 449 g/mol. The molecule has 0 aliphatic carbocycles. The second kappa shape index (κ2) is 7.28. The topological polar surface area (TPSA) is 0 Å². The highest BCUT2D eigenvalue weighted by atomic mass is 28.3. The van der Waals surface area contributed by atoms with Crippen LogP contribution in [0.4, 0.5) is 0 Å². The predicted octanol–water partition coefficient (Wildman–Crippen LogP) is 5.66. The monoisotopic (exact) mass is 448 g/mol. The normalized spacial score (nSPS) is 16.5. The van der Waals surface area contributed by atoms with Gasteiger partial charge in [-0.1, -0.05) is 121 Å². The number of hydrogen-bond acceptors (Lipinski definition) is 0. The molecule has 1 atom stereocenters. The van der Waals surface area contributed by atoms with Gasteiger partial charge in [-0.25, -0.2) is 0 Å². The van der Waals surface area contributed by atoms with Crippen LogP contribution in [0.25, 0.3) is 32.7 Å². The fraction of sp³-hybridized carbons (Fsp3) is 0.0303. The highest BCUT2D eigenvalue weighted by molar-refractivity contribution is 7.22. The summed E-state index contributed by atoms with van der Waals surface area (Å²) in [6, 6.07) is 47.9. The standard InChI is InChI=1S/C33H24Si/c1-23-10-9-15-28(20-23)34(27-13-3-2-4-14-27)31-17-8-7-16-29(31)33-30-22-25-12-6-5-11-24(25)21-26(30)18-19-32(33)34/h2-22H,1H3. The first-order chi connectivity index (χ1) is 16.8. The van der Waals surface area contributed by atoms with Gasteiger partial charge in [-0.3, -0.25) is 0 Å². The lowest BCUT2D eigenvalue weighted by Crippen LogP contribution is -2.72. The molecule has 7 rings (SSSR count). The molecular formula is C33H24Si. The van der Waals surface area contributed by atoms with Crippen LogP contribution in [0.2, 0.25) is 0 Å². The van der Waals surface area contributed by atoms with Gasteiger partial charge in [0.2, 0.25) is 0 Å². The molecule has 0 bridgehead atoms. The third-order valence-electron chi connectivity index (χ3n) is 7.55. The molecule has 0 saturated carbocycles. The van der Waals surface area contributed by atoms with Crippen molar-refractivity contribution in [1.82, 2.24) is 0 Å². The minimum Gasteiger partial charge on any atom is -0.0623 e. The summed E-state index contributed by atoms with van der Waals surface area (Å²) >= 11 is 0. The summed E-state index contributed by atoms with van der Waals surface area (Å²) in [5.74, 6) is 0. The molecule has 0 N–H and O–H groups in total. The molecule has 0 radical (unpaired) electrons. The van der Waals surface area contributed by atoms with E-state index in [2.05, 4.69) is 134 Å². The Hall–Kier alpha value is -3.94. The molecule has 1 unspecified atom stereocenters. The number of hydrogen-bond donors (Lipinski definition) is 0. The summed E-state index contributed by atoms with van der Waals surface area (Å²) in [6.07, 6.45) is 0. The molecule has 1 heterocycles. The van der Waals surface area contributed by atoms with E-state index in [9.17, 15) is 0 Å². The Morgan fingerprint density at radius 3 is 2.00 bits per heavy atom. The molecule has 1 aliphatic heterocycles. The van der Waals surface area contributed by atoms with Crippen LogP contribution in [0.3, 0.4) is 0 Å². The van der Waals surface area contributed by atoms with E-state index in [0.717, 1.165) is 0 Å². The van der Waals surface area contributed by atoms with Crippen molar-refractivity contribution < 1.29 is 0 Å². The molecule has 0 amide bonds. The molecule has 0 spiro atoms. The van der Waals surface area contributed by atoms with Crippen LogP contribution in [0, 0.1) is 6.92 Å². The fourth-order valence-corrected chi connectivity index (χ4v) is 11.4. The van der Waals surface area contributed by atoms with Gasteiger partial charge in [0.25, 0.3) is 0 Å². The molecule has 160 valence electrons. The van der Waals surface area contributed by atoms with Crippen molar-refractivity contribution in [1.29, 1.82) is 0 Å². The van der Waals surface area contributed by atoms with Crippen LogP contribution in [-0.2, 0) is 0 Å². The van der Waals surface area contributed by atoms with E-state index in [4.69, 9.17) is 0 Å². The van der Waals surface area contributed by atoms with E-state index in [1.54, 1.807) is 0 Å². The molecule has 0 nitrogen and oxygen atoms in total. The van der Waals surface area contributed by atoms with Gasteiger partial charge in [0.15, 0.2) is 8.07 Å². The van der Waals surface area contributed by atoms with Crippen LogP contribution in [0.15, 0.2) is 127 Å². The van der Waals surface area contributed by atoms with E-state index in [1.165, 1.54) is 59.0 Å². The molecule has 1 heteroatoms. The van der Waals surface area contributed by atoms with Crippen molar-refractivity contribution in [3.63, 3.8) is 0 Å². The summed E-state index contributed by atoms with van der Waals surface area (Å²) in [5.41, 5.74) is 4.14. The van der Waals surface area contributed by atoms with Gasteiger partial charge in [-0.15, -0.1) is 0 Å². The maximum atomic E-state index is 2.44. The van der Waals surface area contributed by atoms with Gasteiger partial charge in [-0.05, 0) is 72.5 Å². The van der Waals surface area contributed by atoms with E-state index in [0.29, 0.717) is 0 Å². The Balaban J connectivity index is 1.69. The van der Waals surface area contributed by atoms with Gasteiger partial charge in [0.1, 0.15) is 0 Å². The van der Waals surface area contributed by atoms with Crippen LogP contribution >= 0.6 is 0 Å². The van der Waals surface area contributed by atoms with Crippen LogP contribution in [0.1, 0.15) is 5.56 Å². The van der Waals surface area contributed by atoms with E-state index >= 15 is 0 Å². The van der Waals surface area contributed by atoms with Crippen molar-refractivity contribution >= 4 is 50.4 Å². The van der Waals surface area contributed by atoms with E-state index in [1.807, 2.05) is 0 Å². The van der Waals surface area contributed by atoms with Crippen LogP contribution in [0.5, 0.6) is 0 Å². The first kappa shape index (κ1) is 19.5. The van der Waals surface area contributed by atoms with E-state index < -0.39 is 8.07 Å². The quantitative estimate of drug-likeness (QED) is 0.236. The maximum absolute atomic E-state index is 2.44. The minimum atomic E-state index is -2.44. The summed E-state index contributed by atoms with van der Waals surface area (Å²) in [7, 11) is -2.44. The first-order valence-corrected chi connectivity index (χ1v) is 14.0. The van der Waals surface area contributed by atoms with Gasteiger partial charge in [0, 0.05) is 0 Å². The zero-order valence-corrected chi connectivity index (χ0v) is 20.1. The average Bonchev–Trinajstić information content (AvgIpc) is 3.20. The minimum absolute atomic E-state index is 1.30. The second-order valence-electron chi connectivity index (χ2n) is 9.44. The Bertz CT molecular complexity index is 1710. The molecule has 1 aliphatic rings. The highest BCUT2D eigenvalue weighted by Crippen LogP contribution is 2.36. The zero-order valence-electron chi connectivity index (χ0n) is 19.1. The summed E-state index contributed by atoms with van der Waals surface area (Å²) in [6.45, 7) is 2.21. The maximum Gasteiger partial charge on any atom is 0.180 e. The summed E-state index contributed by atoms with van der Waals surface area (Å²) in [5, 5.41) is 11.2. The molecule has 0 fully saturated rings. The van der Waals surface area contributed by atoms with Crippen molar-refractivity contribution in [2.24, 2.45) is 0 Å². The number of benzene rings is 6. The lowest BCUT2D eigenvalue weighted by molar-refractivity contribution is 1.49. The van der Waals surface area contributed by atoms with Crippen molar-refractivity contribution in [2.45, 2.75) is 6.92 Å². The highest BCUT2D eigenvalue weighted by Gasteiger charge is 2.48. The van der Waals surface area contributed by atoms with Crippen LogP contribution < -0.4 is 20.7 Å². The Labute approximate surface area is 201 Å². The van der Waals surface area contributed by atoms with Gasteiger partial charge >= 0.3 is 0 Å².